The summed E-state index contributed by atoms with van der Waals surface area (Å²) in [6.07, 6.45) is 0.442. The molecule has 1 unspecified atom stereocenters. The molecule has 0 bridgehead atoms. The van der Waals surface area contributed by atoms with Gasteiger partial charge >= 0.3 is 207 Å². The van der Waals surface area contributed by atoms with Crippen LogP contribution in [-0.4, -0.2) is 96.4 Å². The van der Waals surface area contributed by atoms with E-state index >= 15 is 0 Å². The number of hydroxylamine groups is 2. The van der Waals surface area contributed by atoms with Crippen molar-refractivity contribution in [3.8, 4) is 0 Å². The second-order valence-electron chi connectivity index (χ2n) is 7.21. The summed E-state index contributed by atoms with van der Waals surface area (Å²) in [5.74, 6) is -0.719. The zero-order valence-electron chi connectivity index (χ0n) is 18.7. The fourth-order valence-corrected chi connectivity index (χ4v) is 7.66. The van der Waals surface area contributed by atoms with E-state index in [-0.39, 0.29) is 56.4 Å². The van der Waals surface area contributed by atoms with Crippen molar-refractivity contribution in [1.82, 2.24) is 20.8 Å². The van der Waals surface area contributed by atoms with Gasteiger partial charge in [0.1, 0.15) is 0 Å². The Hall–Kier alpha value is -0.841. The number of nitrogens with one attached hydrogen (secondary N) is 2. The van der Waals surface area contributed by atoms with E-state index in [1.165, 1.54) is 4.90 Å². The molecule has 1 amide bonds. The molecular weight excluding hydrogens is 563 g/mol. The van der Waals surface area contributed by atoms with E-state index in [0.717, 1.165) is 9.91 Å². The summed E-state index contributed by atoms with van der Waals surface area (Å²) in [5, 5.41) is 0.819. The summed E-state index contributed by atoms with van der Waals surface area (Å²) < 4.78 is 62.9. The third-order valence-corrected chi connectivity index (χ3v) is 9.97. The monoisotopic (exact) mass is 594 g/mol. The molecule has 0 spiro atoms. The van der Waals surface area contributed by atoms with Crippen molar-refractivity contribution in [2.24, 2.45) is 0 Å². The molecule has 33 heavy (non-hydrogen) atoms. The third-order valence-electron chi connectivity index (χ3n) is 4.53. The number of thiocarbonyl (C=S) groups is 1. The molecule has 2 saturated heterocycles. The molecule has 0 radical (unpaired) electrons. The van der Waals surface area contributed by atoms with E-state index in [0.29, 0.717) is 26.1 Å². The Labute approximate surface area is 206 Å². The van der Waals surface area contributed by atoms with Crippen molar-refractivity contribution < 1.29 is 34.9 Å². The minimum absolute atomic E-state index is 0.0237. The van der Waals surface area contributed by atoms with Gasteiger partial charge in [-0.25, -0.2) is 0 Å². The average molecular weight is 594 g/mol. The molecule has 0 aromatic carbocycles. The topological polar surface area (TPSA) is 144 Å². The van der Waals surface area contributed by atoms with E-state index in [9.17, 15) is 21.6 Å². The van der Waals surface area contributed by atoms with Crippen LogP contribution in [0.2, 0.25) is 5.32 Å². The molecule has 2 aliphatic rings. The van der Waals surface area contributed by atoms with Gasteiger partial charge in [0.05, 0.1) is 0 Å². The van der Waals surface area contributed by atoms with Gasteiger partial charge in [0.15, 0.2) is 0 Å². The SMILES string of the molecule is CCNOS(=O)(=O)CCCN1C(=O)/C(=C2/[Se]CC(C)N2CCCS(=O)(=O)ONCC)OC1=S. The Bertz CT molecular complexity index is 957. The Morgan fingerprint density at radius 2 is 1.61 bits per heavy atom. The van der Waals surface area contributed by atoms with E-state index < -0.39 is 26.1 Å². The maximum absolute atomic E-state index is 13.0. The molecule has 2 fully saturated rings. The van der Waals surface area contributed by atoms with Crippen molar-refractivity contribution in [2.75, 3.05) is 37.7 Å². The second-order valence-corrected chi connectivity index (χ2v) is 13.1. The van der Waals surface area contributed by atoms with Gasteiger partial charge in [0, 0.05) is 0 Å². The van der Waals surface area contributed by atoms with Crippen LogP contribution in [0.25, 0.3) is 0 Å². The summed E-state index contributed by atoms with van der Waals surface area (Å²) in [6.45, 7) is 6.63. The molecule has 0 aromatic rings. The van der Waals surface area contributed by atoms with Gasteiger partial charge in [-0.3, -0.25) is 0 Å². The molecule has 190 valence electrons. The summed E-state index contributed by atoms with van der Waals surface area (Å²) >= 11 is 5.15. The number of carbonyl (C=O) groups is 1. The molecule has 2 heterocycles. The number of hydrogen-bond acceptors (Lipinski definition) is 12. The van der Waals surface area contributed by atoms with E-state index in [2.05, 4.69) is 19.5 Å². The van der Waals surface area contributed by atoms with Crippen LogP contribution in [0.4, 0.5) is 0 Å². The molecule has 0 aliphatic carbocycles. The molecule has 2 aliphatic heterocycles. The Morgan fingerprint density at radius 1 is 1.06 bits per heavy atom. The quantitative estimate of drug-likeness (QED) is 0.118. The summed E-state index contributed by atoms with van der Waals surface area (Å²) in [7, 11) is -7.44. The number of amides is 1. The van der Waals surface area contributed by atoms with Crippen molar-refractivity contribution in [3.63, 3.8) is 0 Å². The van der Waals surface area contributed by atoms with Crippen LogP contribution in [-0.2, 0) is 38.3 Å². The third kappa shape index (κ3) is 8.40. The van der Waals surface area contributed by atoms with Gasteiger partial charge in [-0.1, -0.05) is 0 Å². The second kappa shape index (κ2) is 12.7. The van der Waals surface area contributed by atoms with Crippen LogP contribution >= 0.6 is 12.2 Å². The van der Waals surface area contributed by atoms with Crippen LogP contribution in [0.1, 0.15) is 33.6 Å². The summed E-state index contributed by atoms with van der Waals surface area (Å²) in [4.78, 5) is 16.2. The molecule has 16 heteroatoms. The fourth-order valence-electron chi connectivity index (χ4n) is 3.00. The molecule has 0 aromatic heterocycles. The van der Waals surface area contributed by atoms with Gasteiger partial charge in [-0.05, 0) is 0 Å². The first-order chi connectivity index (χ1) is 15.5. The Morgan fingerprint density at radius 3 is 2.15 bits per heavy atom. The normalized spacial score (nSPS) is 21.8. The molecule has 0 saturated carbocycles. The maximum atomic E-state index is 13.0. The van der Waals surface area contributed by atoms with E-state index in [1.54, 1.807) is 13.8 Å². The molecule has 1 atom stereocenters. The summed E-state index contributed by atoms with van der Waals surface area (Å²) in [6, 6.07) is 0.122. The van der Waals surface area contributed by atoms with Crippen molar-refractivity contribution in [1.29, 1.82) is 0 Å². The molecule has 12 nitrogen and oxygen atoms in total. The predicted octanol–water partition coefficient (Wildman–Crippen LogP) is -0.352. The van der Waals surface area contributed by atoms with Gasteiger partial charge in [-0.15, -0.1) is 0 Å². The van der Waals surface area contributed by atoms with Crippen LogP contribution in [0, 0.1) is 0 Å². The van der Waals surface area contributed by atoms with Crippen LogP contribution in [0.3, 0.4) is 0 Å². The molecule has 2 rings (SSSR count). The van der Waals surface area contributed by atoms with Crippen LogP contribution < -0.4 is 11.0 Å². The molecule has 2 N–H and O–H groups in total. The van der Waals surface area contributed by atoms with Gasteiger partial charge in [0.25, 0.3) is 0 Å². The summed E-state index contributed by atoms with van der Waals surface area (Å²) in [5.41, 5.74) is 4.63. The number of ether oxygens (including phenoxy) is 1. The number of carbonyl (C=O) groups excluding carboxylic acids is 1. The first-order valence-corrected chi connectivity index (χ1v) is 16.1. The standard InChI is InChI=1S/C17H30N4O8S3Se/c1-4-18-28-31(23,24)10-6-8-20-13(3)12-33-16(20)14-15(22)21(17(30)27-14)9-7-11-32(25,26)29-19-5-2/h13,18-19H,4-12H2,1-3H3/b16-14-. The first kappa shape index (κ1) is 28.4. The predicted molar refractivity (Wildman–Crippen MR) is 125 cm³/mol. The number of rotatable bonds is 14. The fraction of sp³-hybridized carbons (Fsp3) is 0.765. The van der Waals surface area contributed by atoms with E-state index in [4.69, 9.17) is 17.0 Å². The zero-order chi connectivity index (χ0) is 24.6. The Balaban J connectivity index is 2.00. The average Bonchev–Trinajstić information content (AvgIpc) is 3.24. The van der Waals surface area contributed by atoms with Crippen LogP contribution in [0.5, 0.6) is 0 Å². The van der Waals surface area contributed by atoms with Crippen LogP contribution in [0.15, 0.2) is 10.4 Å². The number of hydrogen-bond donors (Lipinski definition) is 2. The van der Waals surface area contributed by atoms with Gasteiger partial charge in [-0.2, -0.15) is 0 Å². The van der Waals surface area contributed by atoms with E-state index in [1.807, 2.05) is 11.8 Å². The van der Waals surface area contributed by atoms with Crippen molar-refractivity contribution in [3.05, 3.63) is 10.4 Å². The van der Waals surface area contributed by atoms with Gasteiger partial charge < -0.3 is 0 Å². The van der Waals surface area contributed by atoms with Crippen molar-refractivity contribution >= 4 is 58.5 Å². The Kier molecular flexibility index (Phi) is 11.0. The van der Waals surface area contributed by atoms with Crippen molar-refractivity contribution in [2.45, 2.75) is 45.0 Å². The minimum atomic E-state index is -3.76. The first-order valence-electron chi connectivity index (χ1n) is 10.5. The molecular formula is C17H30N4O8S3Se. The number of nitrogens with zero attached hydrogens (tertiary/aromatic N) is 2. The van der Waals surface area contributed by atoms with Gasteiger partial charge in [0.2, 0.25) is 0 Å². The zero-order valence-corrected chi connectivity index (χ0v) is 22.9.